The van der Waals surface area contributed by atoms with Crippen LogP contribution in [0.4, 0.5) is 35.1 Å². The minimum atomic E-state index is -5.60. The second-order valence-corrected chi connectivity index (χ2v) is 2.71. The zero-order chi connectivity index (χ0) is 13.2. The maximum Gasteiger partial charge on any atom is 0.466 e. The largest absolute Gasteiger partial charge is 0.466 e. The summed E-state index contributed by atoms with van der Waals surface area (Å²) in [4.78, 5) is 0. The first-order chi connectivity index (χ1) is 6.94. The van der Waals surface area contributed by atoms with Crippen molar-refractivity contribution in [2.75, 3.05) is 0 Å². The van der Waals surface area contributed by atoms with Crippen molar-refractivity contribution in [2.45, 2.75) is 30.8 Å². The van der Waals surface area contributed by atoms with Crippen molar-refractivity contribution in [3.63, 3.8) is 0 Å². The highest BCUT2D eigenvalue weighted by atomic mass is 19.4. The monoisotopic (exact) mass is 258 g/mol. The molecule has 0 fully saturated rings. The highest BCUT2D eigenvalue weighted by Gasteiger charge is 2.65. The average Bonchev–Trinajstić information content (AvgIpc) is 2.00. The summed E-state index contributed by atoms with van der Waals surface area (Å²) >= 11 is 0. The quantitative estimate of drug-likeness (QED) is 0.540. The number of rotatable bonds is 5. The van der Waals surface area contributed by atoms with Crippen LogP contribution in [0.15, 0.2) is 12.8 Å². The SMILES string of the molecule is C=COC(F)(F)C(F)(F)C(F)CC(F)(F)F. The lowest BCUT2D eigenvalue weighted by Crippen LogP contribution is -2.50. The lowest BCUT2D eigenvalue weighted by atomic mass is 10.1. The minimum absolute atomic E-state index is 0.117. The van der Waals surface area contributed by atoms with Gasteiger partial charge in [-0.15, -0.1) is 0 Å². The van der Waals surface area contributed by atoms with Gasteiger partial charge in [0.1, 0.15) is 0 Å². The molecule has 0 N–H and O–H groups in total. The fraction of sp³-hybridized carbons (Fsp3) is 0.714. The smallest absolute Gasteiger partial charge is 0.437 e. The van der Waals surface area contributed by atoms with Crippen LogP contribution in [0.5, 0.6) is 0 Å². The van der Waals surface area contributed by atoms with Crippen LogP contribution >= 0.6 is 0 Å². The van der Waals surface area contributed by atoms with E-state index in [0.29, 0.717) is 0 Å². The van der Waals surface area contributed by atoms with Gasteiger partial charge in [-0.2, -0.15) is 30.7 Å². The molecule has 0 spiro atoms. The lowest BCUT2D eigenvalue weighted by molar-refractivity contribution is -0.349. The topological polar surface area (TPSA) is 9.23 Å². The van der Waals surface area contributed by atoms with Gasteiger partial charge < -0.3 is 4.74 Å². The molecule has 0 bridgehead atoms. The molecule has 0 aliphatic heterocycles. The average molecular weight is 258 g/mol. The molecular weight excluding hydrogens is 252 g/mol. The third-order valence-electron chi connectivity index (χ3n) is 1.42. The van der Waals surface area contributed by atoms with Crippen LogP contribution < -0.4 is 0 Å². The van der Waals surface area contributed by atoms with Crippen LogP contribution in [0.1, 0.15) is 6.42 Å². The second kappa shape index (κ2) is 4.46. The van der Waals surface area contributed by atoms with Crippen LogP contribution in [0.3, 0.4) is 0 Å². The number of alkyl halides is 8. The summed E-state index contributed by atoms with van der Waals surface area (Å²) in [5, 5.41) is 0. The van der Waals surface area contributed by atoms with Gasteiger partial charge in [-0.25, -0.2) is 4.39 Å². The summed E-state index contributed by atoms with van der Waals surface area (Å²) in [6.45, 7) is 2.51. The van der Waals surface area contributed by atoms with Gasteiger partial charge in [0.25, 0.3) is 0 Å². The molecule has 96 valence electrons. The van der Waals surface area contributed by atoms with E-state index in [2.05, 4.69) is 11.3 Å². The van der Waals surface area contributed by atoms with E-state index in [9.17, 15) is 35.1 Å². The summed E-state index contributed by atoms with van der Waals surface area (Å²) in [5.41, 5.74) is 0. The number of hydrogen-bond donors (Lipinski definition) is 0. The van der Waals surface area contributed by atoms with E-state index < -0.39 is 30.8 Å². The molecule has 1 atom stereocenters. The van der Waals surface area contributed by atoms with E-state index in [1.165, 1.54) is 0 Å². The van der Waals surface area contributed by atoms with Crippen molar-refractivity contribution >= 4 is 0 Å². The first kappa shape index (κ1) is 15.0. The van der Waals surface area contributed by atoms with Crippen LogP contribution in [-0.4, -0.2) is 24.4 Å². The van der Waals surface area contributed by atoms with Crippen molar-refractivity contribution in [3.8, 4) is 0 Å². The number of ether oxygens (including phenoxy) is 1. The van der Waals surface area contributed by atoms with Crippen molar-refractivity contribution in [3.05, 3.63) is 12.8 Å². The molecule has 0 amide bonds. The van der Waals surface area contributed by atoms with Gasteiger partial charge in [0.2, 0.25) is 0 Å². The molecule has 0 radical (unpaired) electrons. The zero-order valence-corrected chi connectivity index (χ0v) is 7.50. The van der Waals surface area contributed by atoms with Gasteiger partial charge in [0.15, 0.2) is 6.17 Å². The summed E-state index contributed by atoms with van der Waals surface area (Å²) in [5.74, 6) is -5.60. The Morgan fingerprint density at radius 1 is 1.06 bits per heavy atom. The van der Waals surface area contributed by atoms with Crippen LogP contribution in [0, 0.1) is 0 Å². The molecule has 0 aliphatic rings. The molecular formula is C7H6F8O. The van der Waals surface area contributed by atoms with Crippen molar-refractivity contribution in [2.24, 2.45) is 0 Å². The van der Waals surface area contributed by atoms with Gasteiger partial charge in [-0.05, 0) is 0 Å². The third-order valence-corrected chi connectivity index (χ3v) is 1.42. The molecule has 0 aromatic carbocycles. The molecule has 1 unspecified atom stereocenters. The van der Waals surface area contributed by atoms with Crippen LogP contribution in [-0.2, 0) is 4.74 Å². The minimum Gasteiger partial charge on any atom is -0.437 e. The number of halogens is 8. The van der Waals surface area contributed by atoms with E-state index in [0.717, 1.165) is 0 Å². The maximum atomic E-state index is 12.5. The van der Waals surface area contributed by atoms with Gasteiger partial charge in [-0.3, -0.25) is 0 Å². The Kier molecular flexibility index (Phi) is 4.18. The Morgan fingerprint density at radius 3 is 1.81 bits per heavy atom. The Labute approximate surface area is 84.7 Å². The molecule has 0 aliphatic carbocycles. The van der Waals surface area contributed by atoms with E-state index in [4.69, 9.17) is 0 Å². The van der Waals surface area contributed by atoms with Crippen molar-refractivity contribution < 1.29 is 39.9 Å². The van der Waals surface area contributed by atoms with E-state index in [-0.39, 0.29) is 6.26 Å². The fourth-order valence-electron chi connectivity index (χ4n) is 0.697. The first-order valence-corrected chi connectivity index (χ1v) is 3.69. The van der Waals surface area contributed by atoms with E-state index in [1.54, 1.807) is 0 Å². The predicted octanol–water partition coefficient (Wildman–Crippen LogP) is 3.67. The Balaban J connectivity index is 4.83. The van der Waals surface area contributed by atoms with Crippen LogP contribution in [0.25, 0.3) is 0 Å². The van der Waals surface area contributed by atoms with E-state index >= 15 is 0 Å². The van der Waals surface area contributed by atoms with E-state index in [1.807, 2.05) is 0 Å². The molecule has 16 heavy (non-hydrogen) atoms. The molecule has 0 aromatic heterocycles. The predicted molar refractivity (Wildman–Crippen MR) is 36.7 cm³/mol. The third kappa shape index (κ3) is 3.53. The Morgan fingerprint density at radius 2 is 1.50 bits per heavy atom. The molecule has 0 saturated heterocycles. The highest BCUT2D eigenvalue weighted by molar-refractivity contribution is 4.87. The molecule has 0 saturated carbocycles. The maximum absolute atomic E-state index is 12.5. The van der Waals surface area contributed by atoms with Crippen molar-refractivity contribution in [1.29, 1.82) is 0 Å². The summed E-state index contributed by atoms with van der Waals surface area (Å²) < 4.78 is 99.8. The molecule has 1 nitrogen and oxygen atoms in total. The lowest BCUT2D eigenvalue weighted by Gasteiger charge is -2.27. The van der Waals surface area contributed by atoms with Gasteiger partial charge >= 0.3 is 18.2 Å². The Hall–Kier alpha value is -1.02. The summed E-state index contributed by atoms with van der Waals surface area (Å²) in [6, 6.07) is 0. The zero-order valence-electron chi connectivity index (χ0n) is 7.50. The summed E-state index contributed by atoms with van der Waals surface area (Å²) in [7, 11) is 0. The van der Waals surface area contributed by atoms with Gasteiger partial charge in [0.05, 0.1) is 12.7 Å². The molecule has 0 aromatic rings. The normalized spacial score (nSPS) is 15.8. The van der Waals surface area contributed by atoms with Gasteiger partial charge in [0, 0.05) is 0 Å². The number of hydrogen-bond acceptors (Lipinski definition) is 1. The molecule has 9 heteroatoms. The Bertz CT molecular complexity index is 245. The standard InChI is InChI=1S/C7H6F8O/c1-2-16-7(14,15)6(12,13)4(8)3-5(9,10)11/h2,4H,1,3H2. The summed E-state index contributed by atoms with van der Waals surface area (Å²) in [6.07, 6.45) is -17.6. The second-order valence-electron chi connectivity index (χ2n) is 2.71. The first-order valence-electron chi connectivity index (χ1n) is 3.69. The van der Waals surface area contributed by atoms with Crippen LogP contribution in [0.2, 0.25) is 0 Å². The van der Waals surface area contributed by atoms with Gasteiger partial charge in [-0.1, -0.05) is 6.58 Å². The fourth-order valence-corrected chi connectivity index (χ4v) is 0.697. The molecule has 0 heterocycles. The van der Waals surface area contributed by atoms with Crippen molar-refractivity contribution in [1.82, 2.24) is 0 Å². The molecule has 0 rings (SSSR count). The highest BCUT2D eigenvalue weighted by Crippen LogP contribution is 2.42.